The van der Waals surface area contributed by atoms with Gasteiger partial charge in [-0.05, 0) is 37.6 Å². The molecule has 2 rings (SSSR count). The van der Waals surface area contributed by atoms with E-state index in [1.165, 1.54) is 0 Å². The second-order valence-corrected chi connectivity index (χ2v) is 5.68. The molecule has 2 aromatic rings. The molecule has 25 heavy (non-hydrogen) atoms. The fourth-order valence-corrected chi connectivity index (χ4v) is 1.93. The molecule has 1 aromatic heterocycles. The highest BCUT2D eigenvalue weighted by molar-refractivity contribution is 5.92. The Balaban J connectivity index is 1.87. The van der Waals surface area contributed by atoms with Gasteiger partial charge in [0, 0.05) is 24.2 Å². The first-order valence-corrected chi connectivity index (χ1v) is 8.31. The second-order valence-electron chi connectivity index (χ2n) is 5.68. The Hall–Kier alpha value is -2.83. The largest absolute Gasteiger partial charge is 0.486 e. The Bertz CT molecular complexity index is 709. The molecule has 0 bridgehead atoms. The maximum atomic E-state index is 11.9. The molecule has 0 unspecified atom stereocenters. The summed E-state index contributed by atoms with van der Waals surface area (Å²) in [5.74, 6) is 0.771. The van der Waals surface area contributed by atoms with E-state index < -0.39 is 0 Å². The normalized spacial score (nSPS) is 11.6. The first kappa shape index (κ1) is 18.5. The third kappa shape index (κ3) is 5.63. The maximum absolute atomic E-state index is 11.9. The standard InChI is InChI=1S/C18H23N3O4/c1-4-12(3)19-18(23)16-10-15(25-21-16)11-24-14-8-6-13(7-9-14)20-17(22)5-2/h6-10,12H,4-5,11H2,1-3H3,(H,19,23)(H,20,22)/t12-/m0/s1. The first-order chi connectivity index (χ1) is 12.0. The summed E-state index contributed by atoms with van der Waals surface area (Å²) in [6.07, 6.45) is 1.27. The molecular weight excluding hydrogens is 322 g/mol. The predicted octanol–water partition coefficient (Wildman–Crippen LogP) is 3.13. The summed E-state index contributed by atoms with van der Waals surface area (Å²) >= 11 is 0. The van der Waals surface area contributed by atoms with Crippen molar-refractivity contribution in [2.75, 3.05) is 5.32 Å². The maximum Gasteiger partial charge on any atom is 0.273 e. The highest BCUT2D eigenvalue weighted by Gasteiger charge is 2.14. The van der Waals surface area contributed by atoms with Crippen LogP contribution in [0.2, 0.25) is 0 Å². The monoisotopic (exact) mass is 345 g/mol. The molecule has 0 aliphatic heterocycles. The van der Waals surface area contributed by atoms with E-state index >= 15 is 0 Å². The van der Waals surface area contributed by atoms with Crippen LogP contribution in [0, 0.1) is 0 Å². The summed E-state index contributed by atoms with van der Waals surface area (Å²) in [6, 6.07) is 8.66. The lowest BCUT2D eigenvalue weighted by molar-refractivity contribution is -0.115. The Labute approximate surface area is 146 Å². The number of carbonyl (C=O) groups is 2. The molecule has 7 heteroatoms. The van der Waals surface area contributed by atoms with Gasteiger partial charge in [-0.3, -0.25) is 9.59 Å². The van der Waals surface area contributed by atoms with Gasteiger partial charge in [0.15, 0.2) is 11.5 Å². The molecule has 0 saturated heterocycles. The van der Waals surface area contributed by atoms with E-state index in [4.69, 9.17) is 9.26 Å². The zero-order valence-corrected chi connectivity index (χ0v) is 14.7. The lowest BCUT2D eigenvalue weighted by atomic mass is 10.2. The van der Waals surface area contributed by atoms with Crippen molar-refractivity contribution in [1.82, 2.24) is 10.5 Å². The van der Waals surface area contributed by atoms with Gasteiger partial charge in [0.25, 0.3) is 5.91 Å². The quantitative estimate of drug-likeness (QED) is 0.766. The highest BCUT2D eigenvalue weighted by atomic mass is 16.5. The van der Waals surface area contributed by atoms with E-state index in [0.717, 1.165) is 6.42 Å². The van der Waals surface area contributed by atoms with Gasteiger partial charge in [-0.25, -0.2) is 0 Å². The zero-order valence-electron chi connectivity index (χ0n) is 14.7. The molecule has 1 heterocycles. The van der Waals surface area contributed by atoms with Crippen molar-refractivity contribution >= 4 is 17.5 Å². The van der Waals surface area contributed by atoms with Gasteiger partial charge in [-0.15, -0.1) is 0 Å². The van der Waals surface area contributed by atoms with E-state index in [0.29, 0.717) is 23.6 Å². The van der Waals surface area contributed by atoms with Gasteiger partial charge in [0.1, 0.15) is 12.4 Å². The number of nitrogens with one attached hydrogen (secondary N) is 2. The minimum atomic E-state index is -0.264. The molecule has 1 aromatic carbocycles. The molecule has 0 aliphatic rings. The summed E-state index contributed by atoms with van der Waals surface area (Å²) in [5.41, 5.74) is 0.944. The number of nitrogens with zero attached hydrogens (tertiary/aromatic N) is 1. The van der Waals surface area contributed by atoms with Crippen molar-refractivity contribution in [3.05, 3.63) is 41.8 Å². The fourth-order valence-electron chi connectivity index (χ4n) is 1.93. The highest BCUT2D eigenvalue weighted by Crippen LogP contribution is 2.17. The Kier molecular flexibility index (Phi) is 6.56. The van der Waals surface area contributed by atoms with Crippen LogP contribution in [0.25, 0.3) is 0 Å². The van der Waals surface area contributed by atoms with Crippen LogP contribution >= 0.6 is 0 Å². The van der Waals surface area contributed by atoms with E-state index in [2.05, 4.69) is 15.8 Å². The van der Waals surface area contributed by atoms with Crippen molar-refractivity contribution in [1.29, 1.82) is 0 Å². The van der Waals surface area contributed by atoms with Crippen LogP contribution in [0.4, 0.5) is 5.69 Å². The minimum absolute atomic E-state index is 0.0430. The third-order valence-corrected chi connectivity index (χ3v) is 3.62. The third-order valence-electron chi connectivity index (χ3n) is 3.62. The summed E-state index contributed by atoms with van der Waals surface area (Å²) < 4.78 is 10.7. The van der Waals surface area contributed by atoms with Crippen molar-refractivity contribution in [3.63, 3.8) is 0 Å². The minimum Gasteiger partial charge on any atom is -0.486 e. The van der Waals surface area contributed by atoms with E-state index in [1.807, 2.05) is 13.8 Å². The molecule has 2 amide bonds. The molecule has 0 radical (unpaired) electrons. The number of carbonyl (C=O) groups excluding carboxylic acids is 2. The van der Waals surface area contributed by atoms with E-state index in [9.17, 15) is 9.59 Å². The molecule has 134 valence electrons. The zero-order chi connectivity index (χ0) is 18.2. The van der Waals surface area contributed by atoms with Crippen LogP contribution < -0.4 is 15.4 Å². The average Bonchev–Trinajstić information content (AvgIpc) is 3.10. The van der Waals surface area contributed by atoms with Crippen molar-refractivity contribution < 1.29 is 18.8 Å². The number of amides is 2. The summed E-state index contributed by atoms with van der Waals surface area (Å²) in [6.45, 7) is 5.87. The number of ether oxygens (including phenoxy) is 1. The Morgan fingerprint density at radius 1 is 1.24 bits per heavy atom. The summed E-state index contributed by atoms with van der Waals surface area (Å²) in [4.78, 5) is 23.3. The molecule has 1 atom stereocenters. The number of benzene rings is 1. The van der Waals surface area contributed by atoms with Gasteiger partial charge in [-0.2, -0.15) is 0 Å². The van der Waals surface area contributed by atoms with Gasteiger partial charge in [0.2, 0.25) is 5.91 Å². The molecule has 2 N–H and O–H groups in total. The lowest BCUT2D eigenvalue weighted by Gasteiger charge is -2.08. The Morgan fingerprint density at radius 3 is 2.60 bits per heavy atom. The van der Waals surface area contributed by atoms with Crippen LogP contribution in [-0.4, -0.2) is 23.0 Å². The number of hydrogen-bond donors (Lipinski definition) is 2. The lowest BCUT2D eigenvalue weighted by Crippen LogP contribution is -2.32. The van der Waals surface area contributed by atoms with Crippen molar-refractivity contribution in [2.45, 2.75) is 46.3 Å². The van der Waals surface area contributed by atoms with E-state index in [1.54, 1.807) is 37.3 Å². The smallest absolute Gasteiger partial charge is 0.273 e. The first-order valence-electron chi connectivity index (χ1n) is 8.31. The summed E-state index contributed by atoms with van der Waals surface area (Å²) in [5, 5.41) is 9.34. The molecule has 0 spiro atoms. The molecule has 7 nitrogen and oxygen atoms in total. The van der Waals surface area contributed by atoms with Crippen molar-refractivity contribution in [3.8, 4) is 5.75 Å². The predicted molar refractivity (Wildman–Crippen MR) is 93.4 cm³/mol. The van der Waals surface area contributed by atoms with Crippen LogP contribution in [0.3, 0.4) is 0 Å². The van der Waals surface area contributed by atoms with Crippen LogP contribution in [0.5, 0.6) is 5.75 Å². The second kappa shape index (κ2) is 8.86. The molecular formula is C18H23N3O4. The van der Waals surface area contributed by atoms with Gasteiger partial charge in [0.05, 0.1) is 0 Å². The van der Waals surface area contributed by atoms with Crippen molar-refractivity contribution in [2.24, 2.45) is 0 Å². The molecule has 0 fully saturated rings. The number of anilines is 1. The number of aromatic nitrogens is 1. The average molecular weight is 345 g/mol. The van der Waals surface area contributed by atoms with Gasteiger partial charge < -0.3 is 19.9 Å². The van der Waals surface area contributed by atoms with Gasteiger partial charge in [-0.1, -0.05) is 19.0 Å². The fraction of sp³-hybridized carbons (Fsp3) is 0.389. The van der Waals surface area contributed by atoms with Gasteiger partial charge >= 0.3 is 0 Å². The van der Waals surface area contributed by atoms with Crippen LogP contribution in [0.1, 0.15) is 49.9 Å². The van der Waals surface area contributed by atoms with Crippen LogP contribution in [0.15, 0.2) is 34.9 Å². The molecule has 0 aliphatic carbocycles. The number of rotatable bonds is 8. The van der Waals surface area contributed by atoms with E-state index in [-0.39, 0.29) is 30.2 Å². The van der Waals surface area contributed by atoms with Crippen LogP contribution in [-0.2, 0) is 11.4 Å². The SMILES string of the molecule is CCC(=O)Nc1ccc(OCc2cc(C(=O)N[C@@H](C)CC)no2)cc1. The number of hydrogen-bond acceptors (Lipinski definition) is 5. The topological polar surface area (TPSA) is 93.5 Å². The summed E-state index contributed by atoms with van der Waals surface area (Å²) in [7, 11) is 0. The molecule has 0 saturated carbocycles. The Morgan fingerprint density at radius 2 is 1.96 bits per heavy atom.